The van der Waals surface area contributed by atoms with Crippen LogP contribution in [0, 0.1) is 6.92 Å². The van der Waals surface area contributed by atoms with Crippen LogP contribution in [0.2, 0.25) is 0 Å². The number of fused-ring (bicyclic) bond motifs is 1. The maximum atomic E-state index is 11.9. The van der Waals surface area contributed by atoms with Crippen molar-refractivity contribution in [1.29, 1.82) is 0 Å². The number of aryl methyl sites for hydroxylation is 1. The predicted molar refractivity (Wildman–Crippen MR) is 89.0 cm³/mol. The van der Waals surface area contributed by atoms with E-state index in [1.807, 2.05) is 0 Å². The molecule has 0 aromatic carbocycles. The average Bonchev–Trinajstić information content (AvgIpc) is 2.92. The lowest BCUT2D eigenvalue weighted by Crippen LogP contribution is -2.43. The summed E-state index contributed by atoms with van der Waals surface area (Å²) >= 11 is 1.39. The molecule has 2 N–H and O–H groups in total. The van der Waals surface area contributed by atoms with Gasteiger partial charge in [-0.05, 0) is 19.8 Å². The molecule has 0 radical (unpaired) electrons. The van der Waals surface area contributed by atoms with Crippen LogP contribution in [-0.2, 0) is 4.79 Å². The van der Waals surface area contributed by atoms with E-state index in [2.05, 4.69) is 25.6 Å². The smallest absolute Gasteiger partial charge is 0.275 e. The maximum absolute atomic E-state index is 11.9. The van der Waals surface area contributed by atoms with Crippen LogP contribution >= 0.6 is 11.3 Å². The van der Waals surface area contributed by atoms with Crippen molar-refractivity contribution in [3.63, 3.8) is 0 Å². The molecule has 1 amide bonds. The quantitative estimate of drug-likeness (QED) is 0.822. The standard InChI is InChI=1S/C14H20N6O2S/c1-9-7-12(22)20-14(16-9)23-13(18-20)17-10-3-5-19(6-4-10)8-11(21)15-2/h7,10H,3-6,8H2,1-2H3,(H,15,21)(H,17,18). The number of nitrogens with zero attached hydrogens (tertiary/aromatic N) is 4. The predicted octanol–water partition coefficient (Wildman–Crippen LogP) is 0.0817. The Hall–Kier alpha value is -2.00. The number of piperidine rings is 1. The van der Waals surface area contributed by atoms with Gasteiger partial charge in [-0.25, -0.2) is 4.98 Å². The van der Waals surface area contributed by atoms with E-state index < -0.39 is 0 Å². The molecule has 0 atom stereocenters. The molecule has 2 aromatic heterocycles. The van der Waals surface area contributed by atoms with E-state index in [1.165, 1.54) is 21.9 Å². The molecule has 124 valence electrons. The number of aromatic nitrogens is 3. The third-order valence-electron chi connectivity index (χ3n) is 3.93. The number of hydrogen-bond acceptors (Lipinski definition) is 7. The first-order chi connectivity index (χ1) is 11.0. The van der Waals surface area contributed by atoms with Crippen LogP contribution in [0.4, 0.5) is 5.13 Å². The lowest BCUT2D eigenvalue weighted by Gasteiger charge is -2.31. The molecule has 0 unspecified atom stereocenters. The van der Waals surface area contributed by atoms with Gasteiger partial charge in [-0.1, -0.05) is 11.3 Å². The summed E-state index contributed by atoms with van der Waals surface area (Å²) in [6.45, 7) is 3.99. The van der Waals surface area contributed by atoms with Gasteiger partial charge in [-0.15, -0.1) is 5.10 Å². The maximum Gasteiger partial charge on any atom is 0.275 e. The molecule has 0 saturated carbocycles. The summed E-state index contributed by atoms with van der Waals surface area (Å²) in [6.07, 6.45) is 1.88. The van der Waals surface area contributed by atoms with E-state index in [-0.39, 0.29) is 11.5 Å². The number of carbonyl (C=O) groups is 1. The molecule has 0 bridgehead atoms. The minimum Gasteiger partial charge on any atom is -0.358 e. The lowest BCUT2D eigenvalue weighted by molar-refractivity contribution is -0.122. The lowest BCUT2D eigenvalue weighted by atomic mass is 10.1. The zero-order valence-corrected chi connectivity index (χ0v) is 14.0. The highest BCUT2D eigenvalue weighted by molar-refractivity contribution is 7.20. The number of likely N-dealkylation sites (tertiary alicyclic amines) is 1. The van der Waals surface area contributed by atoms with Crippen LogP contribution in [0.3, 0.4) is 0 Å². The number of rotatable bonds is 4. The second-order valence-electron chi connectivity index (χ2n) is 5.71. The van der Waals surface area contributed by atoms with Gasteiger partial charge < -0.3 is 10.6 Å². The number of hydrogen-bond donors (Lipinski definition) is 2. The van der Waals surface area contributed by atoms with Gasteiger partial charge in [0.25, 0.3) is 5.56 Å². The van der Waals surface area contributed by atoms with Crippen LogP contribution in [0.1, 0.15) is 18.5 Å². The van der Waals surface area contributed by atoms with Crippen LogP contribution in [-0.4, -0.2) is 58.1 Å². The Labute approximate surface area is 137 Å². The minimum absolute atomic E-state index is 0.0448. The Morgan fingerprint density at radius 1 is 1.43 bits per heavy atom. The van der Waals surface area contributed by atoms with E-state index in [4.69, 9.17) is 0 Å². The molecular weight excluding hydrogens is 316 g/mol. The van der Waals surface area contributed by atoms with Crippen LogP contribution in [0.5, 0.6) is 0 Å². The molecule has 0 aliphatic carbocycles. The van der Waals surface area contributed by atoms with Crippen LogP contribution in [0.25, 0.3) is 4.96 Å². The molecule has 9 heteroatoms. The van der Waals surface area contributed by atoms with E-state index in [9.17, 15) is 9.59 Å². The van der Waals surface area contributed by atoms with Crippen LogP contribution < -0.4 is 16.2 Å². The highest BCUT2D eigenvalue weighted by Crippen LogP contribution is 2.21. The molecule has 2 aromatic rings. The van der Waals surface area contributed by atoms with Gasteiger partial charge in [0, 0.05) is 37.9 Å². The summed E-state index contributed by atoms with van der Waals surface area (Å²) in [5, 5.41) is 11.0. The van der Waals surface area contributed by atoms with E-state index in [0.29, 0.717) is 28.4 Å². The molecular formula is C14H20N6O2S. The molecule has 0 spiro atoms. The Balaban J connectivity index is 1.62. The van der Waals surface area contributed by atoms with Gasteiger partial charge >= 0.3 is 0 Å². The topological polar surface area (TPSA) is 91.6 Å². The third kappa shape index (κ3) is 3.67. The van der Waals surface area contributed by atoms with Gasteiger partial charge in [0.2, 0.25) is 16.0 Å². The van der Waals surface area contributed by atoms with Crippen molar-refractivity contribution < 1.29 is 4.79 Å². The molecule has 1 aliphatic rings. The summed E-state index contributed by atoms with van der Waals surface area (Å²) < 4.78 is 1.33. The molecule has 1 saturated heterocycles. The Bertz CT molecular complexity index is 762. The van der Waals surface area contributed by atoms with Gasteiger partial charge in [-0.2, -0.15) is 4.52 Å². The van der Waals surface area contributed by atoms with Gasteiger partial charge in [0.15, 0.2) is 0 Å². The van der Waals surface area contributed by atoms with E-state index >= 15 is 0 Å². The molecule has 3 rings (SSSR count). The SMILES string of the molecule is CNC(=O)CN1CCC(Nc2nn3c(=O)cc(C)nc3s2)CC1. The normalized spacial score (nSPS) is 16.6. The third-order valence-corrected chi connectivity index (χ3v) is 4.77. The molecule has 1 fully saturated rings. The minimum atomic E-state index is -0.155. The fourth-order valence-electron chi connectivity index (χ4n) is 2.67. The van der Waals surface area contributed by atoms with Crippen molar-refractivity contribution in [2.45, 2.75) is 25.8 Å². The first-order valence-corrected chi connectivity index (χ1v) is 8.44. The Morgan fingerprint density at radius 2 is 2.17 bits per heavy atom. The fourth-order valence-corrected chi connectivity index (χ4v) is 3.60. The largest absolute Gasteiger partial charge is 0.358 e. The zero-order chi connectivity index (χ0) is 16.4. The van der Waals surface area contributed by atoms with Crippen molar-refractivity contribution in [2.24, 2.45) is 0 Å². The van der Waals surface area contributed by atoms with Gasteiger partial charge in [0.05, 0.1) is 6.54 Å². The zero-order valence-electron chi connectivity index (χ0n) is 13.2. The first kappa shape index (κ1) is 15.9. The second kappa shape index (κ2) is 6.63. The van der Waals surface area contributed by atoms with Crippen LogP contribution in [0.15, 0.2) is 10.9 Å². The summed E-state index contributed by atoms with van der Waals surface area (Å²) in [6, 6.07) is 1.78. The number of nitrogens with one attached hydrogen (secondary N) is 2. The second-order valence-corrected chi connectivity index (χ2v) is 6.66. The fraction of sp³-hybridized carbons (Fsp3) is 0.571. The highest BCUT2D eigenvalue weighted by Gasteiger charge is 2.21. The monoisotopic (exact) mass is 336 g/mol. The summed E-state index contributed by atoms with van der Waals surface area (Å²) in [4.78, 5) is 30.3. The first-order valence-electron chi connectivity index (χ1n) is 7.62. The van der Waals surface area contributed by atoms with Crippen molar-refractivity contribution in [3.8, 4) is 0 Å². The average molecular weight is 336 g/mol. The summed E-state index contributed by atoms with van der Waals surface area (Å²) in [7, 11) is 1.65. The van der Waals surface area contributed by atoms with Crippen molar-refractivity contribution in [3.05, 3.63) is 22.1 Å². The molecule has 1 aliphatic heterocycles. The number of likely N-dealkylation sites (N-methyl/N-ethyl adjacent to an activating group) is 1. The number of carbonyl (C=O) groups excluding carboxylic acids is 1. The number of anilines is 1. The van der Waals surface area contributed by atoms with Gasteiger partial charge in [-0.3, -0.25) is 14.5 Å². The highest BCUT2D eigenvalue weighted by atomic mass is 32.1. The van der Waals surface area contributed by atoms with Crippen molar-refractivity contribution in [1.82, 2.24) is 24.8 Å². The Kier molecular flexibility index (Phi) is 4.58. The summed E-state index contributed by atoms with van der Waals surface area (Å²) in [5.41, 5.74) is 0.546. The number of amides is 1. The van der Waals surface area contributed by atoms with Crippen molar-refractivity contribution in [2.75, 3.05) is 32.0 Å². The molecule has 8 nitrogen and oxygen atoms in total. The van der Waals surface area contributed by atoms with E-state index in [1.54, 1.807) is 14.0 Å². The summed E-state index contributed by atoms with van der Waals surface area (Å²) in [5.74, 6) is 0.0448. The molecule has 3 heterocycles. The van der Waals surface area contributed by atoms with E-state index in [0.717, 1.165) is 25.9 Å². The van der Waals surface area contributed by atoms with Gasteiger partial charge in [0.1, 0.15) is 0 Å². The Morgan fingerprint density at radius 3 is 2.87 bits per heavy atom. The van der Waals surface area contributed by atoms with Crippen molar-refractivity contribution >= 4 is 27.3 Å². The molecule has 23 heavy (non-hydrogen) atoms.